The number of carbonyl (C=O) groups excluding carboxylic acids is 8. The normalized spacial score (nSPS) is 19.5. The molecule has 352 valence electrons. The monoisotopic (exact) mass is 893 g/mol. The number of aromatic amines is 1. The molecular formula is C46H67N7O11. The summed E-state index contributed by atoms with van der Waals surface area (Å²) in [7, 11) is 0. The van der Waals surface area contributed by atoms with E-state index in [-0.39, 0.29) is 75.5 Å². The van der Waals surface area contributed by atoms with Gasteiger partial charge in [0.2, 0.25) is 29.5 Å². The van der Waals surface area contributed by atoms with E-state index >= 15 is 0 Å². The molecule has 5 amide bonds. The molecule has 7 N–H and O–H groups in total. The summed E-state index contributed by atoms with van der Waals surface area (Å²) in [5.74, 6) is -7.03. The molecule has 2 aromatic rings. The number of nitrogens with zero attached hydrogens (tertiary/aromatic N) is 3. The Balaban J connectivity index is 1.51. The van der Waals surface area contributed by atoms with Crippen LogP contribution in [0.3, 0.4) is 0 Å². The largest absolute Gasteiger partial charge is 0.508 e. The van der Waals surface area contributed by atoms with Gasteiger partial charge in [0.1, 0.15) is 23.6 Å². The van der Waals surface area contributed by atoms with E-state index in [4.69, 9.17) is 0 Å². The van der Waals surface area contributed by atoms with Gasteiger partial charge in [-0.3, -0.25) is 38.4 Å². The number of aliphatic hydroxyl groups excluding tert-OH is 2. The topological polar surface area (TPSA) is 268 Å². The number of carbonyl (C=O) groups is 8. The van der Waals surface area contributed by atoms with Gasteiger partial charge >= 0.3 is 0 Å². The first-order valence-electron chi connectivity index (χ1n) is 22.4. The van der Waals surface area contributed by atoms with Crippen molar-refractivity contribution < 1.29 is 53.7 Å². The summed E-state index contributed by atoms with van der Waals surface area (Å²) in [5.41, 5.74) is -0.282. The lowest BCUT2D eigenvalue weighted by Crippen LogP contribution is -2.60. The van der Waals surface area contributed by atoms with Crippen LogP contribution in [0, 0.1) is 23.7 Å². The van der Waals surface area contributed by atoms with Crippen molar-refractivity contribution in [1.29, 1.82) is 0 Å². The Bertz CT molecular complexity index is 1950. The van der Waals surface area contributed by atoms with Crippen molar-refractivity contribution in [3.05, 3.63) is 48.0 Å². The second kappa shape index (κ2) is 23.4. The SMILES string of the molecule is CCNC(=O)CCC(=O)[C@](C)(Cc1ccc(O)cc1)NC(=O)[C@@H]1CCCN1C(=O)[C@H](NC(=O)[C@@H](CC(=O)[C@H]1CCCN1C(=O)[C@H](CO)CC(=O)[C@H](C)C(C)O)Cc1cnc[nH]1)C(C)C. The fourth-order valence-electron chi connectivity index (χ4n) is 8.47. The Hall–Kier alpha value is -5.49. The van der Waals surface area contributed by atoms with Crippen LogP contribution in [0.2, 0.25) is 0 Å². The van der Waals surface area contributed by atoms with Gasteiger partial charge in [-0.15, -0.1) is 0 Å². The number of phenols is 1. The number of hydrogen-bond donors (Lipinski definition) is 7. The van der Waals surface area contributed by atoms with Crippen molar-refractivity contribution in [2.24, 2.45) is 23.7 Å². The highest BCUT2D eigenvalue weighted by atomic mass is 16.3. The lowest BCUT2D eigenvalue weighted by atomic mass is 9.85. The number of amides is 5. The van der Waals surface area contributed by atoms with E-state index in [9.17, 15) is 53.7 Å². The number of imidazole rings is 1. The Morgan fingerprint density at radius 1 is 0.891 bits per heavy atom. The molecule has 2 aliphatic heterocycles. The number of hydrogen-bond acceptors (Lipinski definition) is 12. The number of Topliss-reactive ketones (excluding diaryl/α,β-unsaturated/α-hetero) is 3. The maximum atomic E-state index is 14.4. The summed E-state index contributed by atoms with van der Waals surface area (Å²) in [6, 6.07) is 3.20. The minimum absolute atomic E-state index is 0.0262. The van der Waals surface area contributed by atoms with Crippen molar-refractivity contribution in [3.63, 3.8) is 0 Å². The van der Waals surface area contributed by atoms with Crippen LogP contribution in [-0.2, 0) is 51.2 Å². The molecule has 2 fully saturated rings. The standard InChI is InChI=1S/C46H67N7O11/c1-7-48-40(60)17-16-39(59)46(6,23-30-12-14-34(56)15-13-30)51-43(62)36-11-9-19-53(36)45(64)41(27(2)3)50-42(61)31(20-33-24-47-26-49-33)21-38(58)35-10-8-18-52(35)44(63)32(25-54)22-37(57)28(4)29(5)55/h12-15,24,26-29,31-32,35-36,41,54-56H,7-11,16-23,25H2,1-6H3,(H,47,49)(H,48,60)(H,50,61)(H,51,62)/t28-,29?,31-,32+,35-,36+,41-,46+/m1/s1. The minimum Gasteiger partial charge on any atom is -0.508 e. The molecule has 8 atom stereocenters. The first-order chi connectivity index (χ1) is 30.3. The molecular weight excluding hydrogens is 827 g/mol. The van der Waals surface area contributed by atoms with E-state index in [1.807, 2.05) is 0 Å². The third-order valence-corrected chi connectivity index (χ3v) is 12.5. The molecule has 18 nitrogen and oxygen atoms in total. The average Bonchev–Trinajstić information content (AvgIpc) is 4.07. The number of aromatic nitrogens is 2. The van der Waals surface area contributed by atoms with Gasteiger partial charge in [0, 0.05) is 76.0 Å². The molecule has 0 spiro atoms. The summed E-state index contributed by atoms with van der Waals surface area (Å²) in [6.45, 7) is 10.0. The predicted octanol–water partition coefficient (Wildman–Crippen LogP) is 1.54. The van der Waals surface area contributed by atoms with Crippen molar-refractivity contribution in [3.8, 4) is 5.75 Å². The minimum atomic E-state index is -1.48. The van der Waals surface area contributed by atoms with Crippen LogP contribution in [-0.4, -0.2) is 138 Å². The van der Waals surface area contributed by atoms with Crippen LogP contribution in [0.25, 0.3) is 0 Å². The smallest absolute Gasteiger partial charge is 0.246 e. The van der Waals surface area contributed by atoms with Crippen molar-refractivity contribution in [1.82, 2.24) is 35.7 Å². The van der Waals surface area contributed by atoms with Crippen LogP contribution >= 0.6 is 0 Å². The number of phenolic OH excluding ortho intramolecular Hbond substituents is 1. The third kappa shape index (κ3) is 13.5. The quantitative estimate of drug-likeness (QED) is 0.0792. The zero-order chi connectivity index (χ0) is 47.3. The van der Waals surface area contributed by atoms with Gasteiger partial charge in [-0.2, -0.15) is 0 Å². The highest BCUT2D eigenvalue weighted by Gasteiger charge is 2.44. The fraction of sp³-hybridized carbons (Fsp3) is 0.630. The summed E-state index contributed by atoms with van der Waals surface area (Å²) in [4.78, 5) is 119. The van der Waals surface area contributed by atoms with Gasteiger partial charge in [0.25, 0.3) is 0 Å². The lowest BCUT2D eigenvalue weighted by molar-refractivity contribution is -0.145. The zero-order valence-electron chi connectivity index (χ0n) is 37.9. The molecule has 3 heterocycles. The Kier molecular flexibility index (Phi) is 18.7. The first kappa shape index (κ1) is 51.1. The molecule has 1 unspecified atom stereocenters. The molecule has 2 aliphatic rings. The van der Waals surface area contributed by atoms with E-state index in [0.717, 1.165) is 0 Å². The molecule has 0 aliphatic carbocycles. The number of benzene rings is 1. The number of likely N-dealkylation sites (tertiary alicyclic amines) is 2. The van der Waals surface area contributed by atoms with E-state index in [2.05, 4.69) is 25.9 Å². The highest BCUT2D eigenvalue weighted by molar-refractivity contribution is 5.99. The maximum Gasteiger partial charge on any atom is 0.246 e. The maximum absolute atomic E-state index is 14.4. The van der Waals surface area contributed by atoms with E-state index in [0.29, 0.717) is 37.1 Å². The van der Waals surface area contributed by atoms with Crippen LogP contribution in [0.1, 0.15) is 104 Å². The summed E-state index contributed by atoms with van der Waals surface area (Å²) < 4.78 is 0. The number of nitrogens with one attached hydrogen (secondary N) is 4. The fourth-order valence-corrected chi connectivity index (χ4v) is 8.47. The zero-order valence-corrected chi connectivity index (χ0v) is 37.9. The van der Waals surface area contributed by atoms with E-state index < -0.39 is 95.2 Å². The van der Waals surface area contributed by atoms with Crippen molar-refractivity contribution in [2.75, 3.05) is 26.2 Å². The third-order valence-electron chi connectivity index (χ3n) is 12.5. The summed E-state index contributed by atoms with van der Waals surface area (Å²) in [5, 5.41) is 38.3. The number of aromatic hydroxyl groups is 1. The van der Waals surface area contributed by atoms with Gasteiger partial charge in [0.05, 0.1) is 42.5 Å². The first-order valence-corrected chi connectivity index (χ1v) is 22.4. The van der Waals surface area contributed by atoms with Crippen LogP contribution in [0.15, 0.2) is 36.8 Å². The highest BCUT2D eigenvalue weighted by Crippen LogP contribution is 2.28. The Morgan fingerprint density at radius 3 is 2.11 bits per heavy atom. The number of rotatable bonds is 24. The van der Waals surface area contributed by atoms with Crippen molar-refractivity contribution >= 4 is 46.9 Å². The molecule has 64 heavy (non-hydrogen) atoms. The van der Waals surface area contributed by atoms with Gasteiger partial charge < -0.3 is 46.1 Å². The molecule has 1 aromatic carbocycles. The predicted molar refractivity (Wildman–Crippen MR) is 234 cm³/mol. The van der Waals surface area contributed by atoms with Gasteiger partial charge in [-0.05, 0) is 70.1 Å². The summed E-state index contributed by atoms with van der Waals surface area (Å²) >= 11 is 0. The molecule has 0 saturated carbocycles. The van der Waals surface area contributed by atoms with Crippen LogP contribution in [0.5, 0.6) is 5.75 Å². The number of aliphatic hydroxyl groups is 2. The molecule has 2 saturated heterocycles. The molecule has 0 radical (unpaired) electrons. The van der Waals surface area contributed by atoms with Crippen molar-refractivity contribution in [2.45, 2.75) is 136 Å². The van der Waals surface area contributed by atoms with Crippen LogP contribution in [0.4, 0.5) is 0 Å². The van der Waals surface area contributed by atoms with Gasteiger partial charge in [-0.1, -0.05) is 32.9 Å². The lowest BCUT2D eigenvalue weighted by Gasteiger charge is -2.35. The molecule has 4 rings (SSSR count). The molecule has 18 heteroatoms. The Labute approximate surface area is 374 Å². The van der Waals surface area contributed by atoms with E-state index in [1.165, 1.54) is 41.4 Å². The molecule has 1 aromatic heterocycles. The van der Waals surface area contributed by atoms with Gasteiger partial charge in [-0.25, -0.2) is 4.98 Å². The van der Waals surface area contributed by atoms with Gasteiger partial charge in [0.15, 0.2) is 11.6 Å². The van der Waals surface area contributed by atoms with Crippen LogP contribution < -0.4 is 16.0 Å². The molecule has 0 bridgehead atoms. The Morgan fingerprint density at radius 2 is 1.53 bits per heavy atom. The average molecular weight is 894 g/mol. The summed E-state index contributed by atoms with van der Waals surface area (Å²) in [6.07, 6.45) is 2.84. The number of ketones is 3. The van der Waals surface area contributed by atoms with E-state index in [1.54, 1.807) is 46.8 Å². The second-order valence-electron chi connectivity index (χ2n) is 17.9. The number of H-pyrrole nitrogens is 1. The second-order valence-corrected chi connectivity index (χ2v) is 17.9.